The summed E-state index contributed by atoms with van der Waals surface area (Å²) in [6.07, 6.45) is 0. The first-order valence-corrected chi connectivity index (χ1v) is 6.13. The molecule has 0 saturated carbocycles. The maximum Gasteiger partial charge on any atom is 0.237 e. The van der Waals surface area contributed by atoms with Crippen LogP contribution in [0.1, 0.15) is 0 Å². The maximum absolute atomic E-state index is 3.55. The van der Waals surface area contributed by atoms with Crippen LogP contribution in [0, 0.1) is 0 Å². The number of aromatic nitrogens is 2. The van der Waals surface area contributed by atoms with Gasteiger partial charge >= 0.3 is 0 Å². The van der Waals surface area contributed by atoms with E-state index in [1.807, 2.05) is 0 Å². The van der Waals surface area contributed by atoms with Crippen molar-refractivity contribution in [3.05, 3.63) is 54.6 Å². The summed E-state index contributed by atoms with van der Waals surface area (Å²) in [5.74, 6) is 0. The fraction of sp³-hybridized carbons (Fsp3) is 0.0625. The molecule has 0 aliphatic carbocycles. The van der Waals surface area contributed by atoms with Crippen LogP contribution < -0.4 is 4.98 Å². The molecule has 0 spiro atoms. The van der Waals surface area contributed by atoms with Gasteiger partial charge in [-0.25, -0.2) is 4.98 Å². The van der Waals surface area contributed by atoms with Crippen LogP contribution in [-0.2, 0) is 7.05 Å². The minimum Gasteiger partial charge on any atom is -0.338 e. The Kier molecular flexibility index (Phi) is 2.68. The highest BCUT2D eigenvalue weighted by molar-refractivity contribution is 6.05. The van der Waals surface area contributed by atoms with E-state index in [1.165, 1.54) is 32.8 Å². The number of hydrogen-bond donors (Lipinski definition) is 0. The summed E-state index contributed by atoms with van der Waals surface area (Å²) in [5.41, 5.74) is 4.90. The minimum absolute atomic E-state index is 0. The summed E-state index contributed by atoms with van der Waals surface area (Å²) in [6.45, 7) is 0. The molecule has 3 heteroatoms. The van der Waals surface area contributed by atoms with Gasteiger partial charge in [0, 0.05) is 18.5 Å². The van der Waals surface area contributed by atoms with E-state index in [4.69, 9.17) is 0 Å². The predicted molar refractivity (Wildman–Crippen MR) is 81.7 cm³/mol. The number of fused-ring (bicyclic) bond motifs is 4. The van der Waals surface area contributed by atoms with E-state index in [9.17, 15) is 0 Å². The number of halogens is 1. The third-order valence-corrected chi connectivity index (χ3v) is 3.66. The highest BCUT2D eigenvalue weighted by Crippen LogP contribution is 2.26. The first-order chi connectivity index (χ1) is 8.84. The highest BCUT2D eigenvalue weighted by Gasteiger charge is 2.14. The Morgan fingerprint density at radius 3 is 2.53 bits per heavy atom. The SMILES string of the molecule is Cl.Cn1c2ccccc2c2[nH+]c3ccccc3cc21. The monoisotopic (exact) mass is 269 g/mol. The molecule has 19 heavy (non-hydrogen) atoms. The minimum atomic E-state index is 0. The number of aromatic amines is 1. The van der Waals surface area contributed by atoms with Crippen LogP contribution in [0.3, 0.4) is 0 Å². The van der Waals surface area contributed by atoms with E-state index in [-0.39, 0.29) is 12.4 Å². The Balaban J connectivity index is 0.00000110. The molecular weight excluding hydrogens is 256 g/mol. The average Bonchev–Trinajstić information content (AvgIpc) is 2.71. The number of hydrogen-bond acceptors (Lipinski definition) is 0. The second-order valence-corrected chi connectivity index (χ2v) is 4.69. The van der Waals surface area contributed by atoms with Crippen molar-refractivity contribution < 1.29 is 4.98 Å². The summed E-state index contributed by atoms with van der Waals surface area (Å²) >= 11 is 0. The van der Waals surface area contributed by atoms with Crippen LogP contribution >= 0.6 is 12.4 Å². The molecule has 2 heterocycles. The van der Waals surface area contributed by atoms with Gasteiger partial charge in [0.1, 0.15) is 5.52 Å². The second-order valence-electron chi connectivity index (χ2n) is 4.69. The largest absolute Gasteiger partial charge is 0.338 e. The lowest BCUT2D eigenvalue weighted by Crippen LogP contribution is -2.04. The molecule has 4 rings (SSSR count). The molecule has 2 aromatic carbocycles. The smallest absolute Gasteiger partial charge is 0.237 e. The molecule has 0 amide bonds. The van der Waals surface area contributed by atoms with Crippen LogP contribution in [0.15, 0.2) is 54.6 Å². The third-order valence-electron chi connectivity index (χ3n) is 3.66. The molecule has 0 unspecified atom stereocenters. The predicted octanol–water partition coefficient (Wildman–Crippen LogP) is 3.72. The van der Waals surface area contributed by atoms with E-state index in [0.717, 1.165) is 0 Å². The van der Waals surface area contributed by atoms with Gasteiger partial charge in [-0.15, -0.1) is 12.4 Å². The summed E-state index contributed by atoms with van der Waals surface area (Å²) in [6, 6.07) is 19.2. The van der Waals surface area contributed by atoms with Gasteiger partial charge < -0.3 is 4.57 Å². The molecule has 2 aromatic heterocycles. The van der Waals surface area contributed by atoms with Gasteiger partial charge in [-0.2, -0.15) is 0 Å². The first kappa shape index (κ1) is 12.0. The van der Waals surface area contributed by atoms with Crippen LogP contribution in [0.4, 0.5) is 0 Å². The van der Waals surface area contributed by atoms with Crippen molar-refractivity contribution in [2.45, 2.75) is 0 Å². The number of para-hydroxylation sites is 2. The molecular formula is C16H14ClN2+. The van der Waals surface area contributed by atoms with E-state index in [1.54, 1.807) is 0 Å². The van der Waals surface area contributed by atoms with Crippen molar-refractivity contribution in [2.24, 2.45) is 7.05 Å². The zero-order valence-electron chi connectivity index (χ0n) is 10.6. The van der Waals surface area contributed by atoms with Gasteiger partial charge in [-0.3, -0.25) is 0 Å². The van der Waals surface area contributed by atoms with Crippen LogP contribution in [0.5, 0.6) is 0 Å². The third kappa shape index (κ3) is 1.60. The Hall–Kier alpha value is -2.06. The van der Waals surface area contributed by atoms with Crippen LogP contribution in [0.25, 0.3) is 32.8 Å². The number of aryl methyl sites for hydroxylation is 1. The molecule has 0 radical (unpaired) electrons. The zero-order valence-corrected chi connectivity index (χ0v) is 11.4. The topological polar surface area (TPSA) is 19.1 Å². The molecule has 0 aliphatic rings. The molecule has 4 aromatic rings. The van der Waals surface area contributed by atoms with Gasteiger partial charge in [0.15, 0.2) is 0 Å². The van der Waals surface area contributed by atoms with E-state index < -0.39 is 0 Å². The lowest BCUT2D eigenvalue weighted by molar-refractivity contribution is -0.309. The molecule has 0 saturated heterocycles. The Morgan fingerprint density at radius 2 is 1.63 bits per heavy atom. The number of benzene rings is 2. The Labute approximate surface area is 117 Å². The van der Waals surface area contributed by atoms with Crippen molar-refractivity contribution in [1.29, 1.82) is 0 Å². The first-order valence-electron chi connectivity index (χ1n) is 6.13. The van der Waals surface area contributed by atoms with Gasteiger partial charge in [0.05, 0.1) is 10.9 Å². The van der Waals surface area contributed by atoms with Crippen molar-refractivity contribution in [3.63, 3.8) is 0 Å². The molecule has 0 atom stereocenters. The fourth-order valence-electron chi connectivity index (χ4n) is 2.73. The average molecular weight is 270 g/mol. The quantitative estimate of drug-likeness (QED) is 0.463. The number of pyridine rings is 1. The van der Waals surface area contributed by atoms with Crippen molar-refractivity contribution in [2.75, 3.05) is 0 Å². The number of H-pyrrole nitrogens is 1. The summed E-state index contributed by atoms with van der Waals surface area (Å²) in [4.78, 5) is 3.55. The highest BCUT2D eigenvalue weighted by atomic mass is 35.5. The van der Waals surface area contributed by atoms with E-state index >= 15 is 0 Å². The normalized spacial score (nSPS) is 11.0. The Bertz CT molecular complexity index is 893. The van der Waals surface area contributed by atoms with Crippen molar-refractivity contribution in [3.8, 4) is 0 Å². The summed E-state index contributed by atoms with van der Waals surface area (Å²) in [7, 11) is 2.12. The standard InChI is InChI=1S/C16H12N2.ClH/c1-18-14-9-5-3-7-12(14)16-15(18)10-11-6-2-4-8-13(11)17-16;/h2-10H,1H3;1H/p+1. The van der Waals surface area contributed by atoms with Crippen LogP contribution in [0.2, 0.25) is 0 Å². The van der Waals surface area contributed by atoms with Gasteiger partial charge in [-0.1, -0.05) is 24.3 Å². The molecule has 0 bridgehead atoms. The number of nitrogens with one attached hydrogen (secondary N) is 1. The molecule has 2 nitrogen and oxygen atoms in total. The lowest BCUT2D eigenvalue weighted by atomic mass is 10.2. The number of nitrogens with zero attached hydrogens (tertiary/aromatic N) is 1. The van der Waals surface area contributed by atoms with Crippen LogP contribution in [-0.4, -0.2) is 4.57 Å². The van der Waals surface area contributed by atoms with Gasteiger partial charge in [0.2, 0.25) is 11.0 Å². The summed E-state index contributed by atoms with van der Waals surface area (Å²) < 4.78 is 2.24. The maximum atomic E-state index is 3.55. The summed E-state index contributed by atoms with van der Waals surface area (Å²) in [5, 5.41) is 2.52. The van der Waals surface area contributed by atoms with E-state index in [0.29, 0.717) is 0 Å². The number of rotatable bonds is 0. The van der Waals surface area contributed by atoms with Crippen molar-refractivity contribution >= 4 is 45.2 Å². The lowest BCUT2D eigenvalue weighted by Gasteiger charge is -1.96. The van der Waals surface area contributed by atoms with Gasteiger partial charge in [0.25, 0.3) is 0 Å². The van der Waals surface area contributed by atoms with Crippen molar-refractivity contribution in [1.82, 2.24) is 4.57 Å². The molecule has 1 N–H and O–H groups in total. The fourth-order valence-corrected chi connectivity index (χ4v) is 2.73. The second kappa shape index (κ2) is 4.25. The molecule has 0 fully saturated rings. The van der Waals surface area contributed by atoms with Gasteiger partial charge in [-0.05, 0) is 24.3 Å². The Morgan fingerprint density at radius 1 is 0.895 bits per heavy atom. The molecule has 0 aliphatic heterocycles. The zero-order chi connectivity index (χ0) is 12.1. The van der Waals surface area contributed by atoms with E-state index in [2.05, 4.69) is 71.2 Å². The molecule has 94 valence electrons.